The lowest BCUT2D eigenvalue weighted by molar-refractivity contribution is -0.128. The van der Waals surface area contributed by atoms with Gasteiger partial charge >= 0.3 is 5.97 Å². The van der Waals surface area contributed by atoms with Crippen molar-refractivity contribution in [2.45, 2.75) is 26.3 Å². The van der Waals surface area contributed by atoms with Crippen molar-refractivity contribution >= 4 is 17.6 Å². The van der Waals surface area contributed by atoms with Crippen molar-refractivity contribution in [1.82, 2.24) is 9.80 Å². The molecule has 1 amide bonds. The standard InChI is InChI=1S/C26H30N4O3/c1-2-3-17-33-26(32)23-11-7-8-12-24(23)28-19-22(18-27)25(31)30-15-13-29(14-16-30)20-21-9-5-4-6-10-21/h4-12,19,28H,2-3,13-17,20H2,1H3/b22-19-. The Morgan fingerprint density at radius 3 is 2.45 bits per heavy atom. The summed E-state index contributed by atoms with van der Waals surface area (Å²) in [5.74, 6) is -0.744. The van der Waals surface area contributed by atoms with Crippen molar-refractivity contribution in [2.24, 2.45) is 0 Å². The minimum atomic E-state index is -0.431. The van der Waals surface area contributed by atoms with Gasteiger partial charge in [-0.05, 0) is 24.1 Å². The van der Waals surface area contributed by atoms with Crippen LogP contribution in [0, 0.1) is 11.3 Å². The number of rotatable bonds is 9. The molecular formula is C26H30N4O3. The maximum absolute atomic E-state index is 12.9. The number of nitrogens with one attached hydrogen (secondary N) is 1. The summed E-state index contributed by atoms with van der Waals surface area (Å²) in [6.07, 6.45) is 3.10. The van der Waals surface area contributed by atoms with E-state index in [0.717, 1.165) is 32.5 Å². The molecule has 1 aliphatic rings. The maximum Gasteiger partial charge on any atom is 0.340 e. The number of nitriles is 1. The van der Waals surface area contributed by atoms with Crippen molar-refractivity contribution in [3.63, 3.8) is 0 Å². The molecule has 0 atom stereocenters. The number of hydrogen-bond donors (Lipinski definition) is 1. The molecule has 0 radical (unpaired) electrons. The first kappa shape index (κ1) is 24.0. The number of piperazine rings is 1. The number of benzene rings is 2. The van der Waals surface area contributed by atoms with Crippen LogP contribution in [0.5, 0.6) is 0 Å². The van der Waals surface area contributed by atoms with Crippen LogP contribution < -0.4 is 5.32 Å². The first-order chi connectivity index (χ1) is 16.1. The molecule has 1 aliphatic heterocycles. The Hall–Kier alpha value is -3.63. The minimum absolute atomic E-state index is 0.000614. The molecule has 0 saturated carbocycles. The Morgan fingerprint density at radius 2 is 1.76 bits per heavy atom. The van der Waals surface area contributed by atoms with Gasteiger partial charge < -0.3 is 15.0 Å². The molecule has 1 saturated heterocycles. The summed E-state index contributed by atoms with van der Waals surface area (Å²) >= 11 is 0. The zero-order valence-corrected chi connectivity index (χ0v) is 19.0. The third-order valence-corrected chi connectivity index (χ3v) is 5.51. The van der Waals surface area contributed by atoms with Crippen LogP contribution in [0.3, 0.4) is 0 Å². The van der Waals surface area contributed by atoms with Gasteiger partial charge in [0.2, 0.25) is 0 Å². The summed E-state index contributed by atoms with van der Waals surface area (Å²) in [4.78, 5) is 29.3. The Kier molecular flexibility index (Phi) is 9.04. The molecule has 7 nitrogen and oxygen atoms in total. The van der Waals surface area contributed by atoms with E-state index in [9.17, 15) is 14.9 Å². The van der Waals surface area contributed by atoms with E-state index >= 15 is 0 Å². The van der Waals surface area contributed by atoms with Crippen LogP contribution in [0.4, 0.5) is 5.69 Å². The molecule has 0 unspecified atom stereocenters. The number of ether oxygens (including phenoxy) is 1. The average molecular weight is 447 g/mol. The van der Waals surface area contributed by atoms with Crippen LogP contribution in [0.1, 0.15) is 35.7 Å². The fourth-order valence-corrected chi connectivity index (χ4v) is 3.59. The summed E-state index contributed by atoms with van der Waals surface area (Å²) in [6, 6.07) is 19.1. The number of para-hydroxylation sites is 1. The van der Waals surface area contributed by atoms with Gasteiger partial charge in [0, 0.05) is 38.9 Å². The molecule has 33 heavy (non-hydrogen) atoms. The Morgan fingerprint density at radius 1 is 1.06 bits per heavy atom. The zero-order chi connectivity index (χ0) is 23.5. The molecule has 0 aliphatic carbocycles. The average Bonchev–Trinajstić information content (AvgIpc) is 2.85. The van der Waals surface area contributed by atoms with Crippen LogP contribution in [-0.4, -0.2) is 54.5 Å². The number of anilines is 1. The highest BCUT2D eigenvalue weighted by atomic mass is 16.5. The smallest absolute Gasteiger partial charge is 0.340 e. The van der Waals surface area contributed by atoms with E-state index < -0.39 is 5.97 Å². The quantitative estimate of drug-likeness (QED) is 0.273. The summed E-state index contributed by atoms with van der Waals surface area (Å²) < 4.78 is 5.29. The summed E-state index contributed by atoms with van der Waals surface area (Å²) in [5.41, 5.74) is 2.10. The van der Waals surface area contributed by atoms with Crippen LogP contribution in [0.15, 0.2) is 66.4 Å². The third-order valence-electron chi connectivity index (χ3n) is 5.51. The number of esters is 1. The lowest BCUT2D eigenvalue weighted by Crippen LogP contribution is -2.48. The summed E-state index contributed by atoms with van der Waals surface area (Å²) in [5, 5.41) is 12.5. The van der Waals surface area contributed by atoms with Crippen molar-refractivity contribution < 1.29 is 14.3 Å². The molecule has 1 heterocycles. The van der Waals surface area contributed by atoms with Gasteiger partial charge in [0.15, 0.2) is 0 Å². The third kappa shape index (κ3) is 6.93. The molecule has 3 rings (SSSR count). The first-order valence-corrected chi connectivity index (χ1v) is 11.3. The van der Waals surface area contributed by atoms with Crippen LogP contribution >= 0.6 is 0 Å². The largest absolute Gasteiger partial charge is 0.462 e. The van der Waals surface area contributed by atoms with Crippen molar-refractivity contribution in [3.05, 3.63) is 77.5 Å². The van der Waals surface area contributed by atoms with Crippen LogP contribution in [0.25, 0.3) is 0 Å². The van der Waals surface area contributed by atoms with Crippen LogP contribution in [0.2, 0.25) is 0 Å². The van der Waals surface area contributed by atoms with Crippen LogP contribution in [-0.2, 0) is 16.1 Å². The highest BCUT2D eigenvalue weighted by Crippen LogP contribution is 2.18. The van der Waals surface area contributed by atoms with Gasteiger partial charge in [-0.25, -0.2) is 4.79 Å². The maximum atomic E-state index is 12.9. The highest BCUT2D eigenvalue weighted by molar-refractivity contribution is 5.99. The van der Waals surface area contributed by atoms with Gasteiger partial charge in [0.05, 0.1) is 17.9 Å². The van der Waals surface area contributed by atoms with E-state index in [-0.39, 0.29) is 11.5 Å². The van der Waals surface area contributed by atoms with E-state index in [4.69, 9.17) is 4.74 Å². The molecular weight excluding hydrogens is 416 g/mol. The fourth-order valence-electron chi connectivity index (χ4n) is 3.59. The number of carbonyl (C=O) groups excluding carboxylic acids is 2. The number of carbonyl (C=O) groups is 2. The monoisotopic (exact) mass is 446 g/mol. The van der Waals surface area contributed by atoms with Gasteiger partial charge in [-0.2, -0.15) is 5.26 Å². The molecule has 172 valence electrons. The second kappa shape index (κ2) is 12.4. The van der Waals surface area contributed by atoms with Crippen molar-refractivity contribution in [1.29, 1.82) is 5.26 Å². The Balaban J connectivity index is 1.58. The van der Waals surface area contributed by atoms with Gasteiger partial charge in [-0.3, -0.25) is 9.69 Å². The minimum Gasteiger partial charge on any atom is -0.462 e. The summed E-state index contributed by atoms with van der Waals surface area (Å²) in [7, 11) is 0. The predicted octanol–water partition coefficient (Wildman–Crippen LogP) is 3.81. The van der Waals surface area contributed by atoms with E-state index in [1.165, 1.54) is 11.8 Å². The SMILES string of the molecule is CCCCOC(=O)c1ccccc1N/C=C(/C#N)C(=O)N1CCN(Cc2ccccc2)CC1. The second-order valence-corrected chi connectivity index (χ2v) is 7.90. The second-order valence-electron chi connectivity index (χ2n) is 7.90. The molecule has 7 heteroatoms. The molecule has 1 fully saturated rings. The molecule has 2 aromatic rings. The number of nitrogens with zero attached hydrogens (tertiary/aromatic N) is 3. The van der Waals surface area contributed by atoms with E-state index in [1.807, 2.05) is 31.2 Å². The Labute approximate surface area is 195 Å². The molecule has 0 bridgehead atoms. The van der Waals surface area contributed by atoms with Crippen molar-refractivity contribution in [2.75, 3.05) is 38.1 Å². The van der Waals surface area contributed by atoms with Gasteiger partial charge in [-0.1, -0.05) is 55.8 Å². The lowest BCUT2D eigenvalue weighted by atomic mass is 10.1. The normalized spacial score (nSPS) is 14.4. The van der Waals surface area contributed by atoms with E-state index in [1.54, 1.807) is 29.2 Å². The van der Waals surface area contributed by atoms with E-state index in [0.29, 0.717) is 30.9 Å². The molecule has 2 aromatic carbocycles. The number of amides is 1. The molecule has 0 spiro atoms. The molecule has 0 aromatic heterocycles. The predicted molar refractivity (Wildman–Crippen MR) is 127 cm³/mol. The first-order valence-electron chi connectivity index (χ1n) is 11.3. The highest BCUT2D eigenvalue weighted by Gasteiger charge is 2.24. The van der Waals surface area contributed by atoms with Gasteiger partial charge in [-0.15, -0.1) is 0 Å². The summed E-state index contributed by atoms with van der Waals surface area (Å²) in [6.45, 7) is 5.85. The lowest BCUT2D eigenvalue weighted by Gasteiger charge is -2.34. The fraction of sp³-hybridized carbons (Fsp3) is 0.346. The van der Waals surface area contributed by atoms with Gasteiger partial charge in [0.25, 0.3) is 5.91 Å². The van der Waals surface area contributed by atoms with Crippen molar-refractivity contribution in [3.8, 4) is 6.07 Å². The van der Waals surface area contributed by atoms with Gasteiger partial charge in [0.1, 0.15) is 11.6 Å². The molecule has 1 N–H and O–H groups in total. The number of hydrogen-bond acceptors (Lipinski definition) is 6. The Bertz CT molecular complexity index is 1010. The zero-order valence-electron chi connectivity index (χ0n) is 19.0. The van der Waals surface area contributed by atoms with E-state index in [2.05, 4.69) is 22.3 Å². The number of unbranched alkanes of at least 4 members (excludes halogenated alkanes) is 1. The topological polar surface area (TPSA) is 85.7 Å².